The zero-order valence-electron chi connectivity index (χ0n) is 13.4. The van der Waals surface area contributed by atoms with E-state index in [1.165, 1.54) is 43.2 Å². The van der Waals surface area contributed by atoms with Crippen LogP contribution in [0.5, 0.6) is 0 Å². The third kappa shape index (κ3) is 3.56. The lowest BCUT2D eigenvalue weighted by Crippen LogP contribution is -2.22. The zero-order chi connectivity index (χ0) is 15.4. The minimum absolute atomic E-state index is 0.553. The molecule has 1 aliphatic rings. The first-order valence-electron chi connectivity index (χ1n) is 8.14. The van der Waals surface area contributed by atoms with E-state index in [9.17, 15) is 0 Å². The molecule has 1 aromatic heterocycles. The summed E-state index contributed by atoms with van der Waals surface area (Å²) in [5, 5.41) is 6.94. The Morgan fingerprint density at radius 2 is 1.77 bits per heavy atom. The van der Waals surface area contributed by atoms with E-state index in [0.717, 1.165) is 17.3 Å². The third-order valence-electron chi connectivity index (χ3n) is 4.49. The summed E-state index contributed by atoms with van der Waals surface area (Å²) in [5.74, 6) is 1.75. The van der Waals surface area contributed by atoms with Gasteiger partial charge in [0.2, 0.25) is 0 Å². The van der Waals surface area contributed by atoms with Crippen LogP contribution in [0.3, 0.4) is 0 Å². The Morgan fingerprint density at radius 1 is 1.00 bits per heavy atom. The highest BCUT2D eigenvalue weighted by atomic mass is 15.1. The van der Waals surface area contributed by atoms with Gasteiger partial charge in [-0.05, 0) is 43.9 Å². The molecule has 4 heteroatoms. The van der Waals surface area contributed by atoms with E-state index in [4.69, 9.17) is 0 Å². The van der Waals surface area contributed by atoms with Gasteiger partial charge < -0.3 is 10.6 Å². The molecule has 2 aromatic rings. The maximum atomic E-state index is 4.35. The maximum Gasteiger partial charge on any atom is 0.135 e. The highest BCUT2D eigenvalue weighted by molar-refractivity contribution is 5.63. The molecule has 1 aromatic carbocycles. The zero-order valence-corrected chi connectivity index (χ0v) is 13.4. The van der Waals surface area contributed by atoms with Gasteiger partial charge in [0.05, 0.1) is 0 Å². The average molecular weight is 296 g/mol. The third-order valence-corrected chi connectivity index (χ3v) is 4.49. The van der Waals surface area contributed by atoms with E-state index in [1.807, 2.05) is 6.07 Å². The van der Waals surface area contributed by atoms with Crippen molar-refractivity contribution in [2.45, 2.75) is 52.0 Å². The Bertz CT molecular complexity index is 633. The number of hydrogen-bond donors (Lipinski definition) is 2. The van der Waals surface area contributed by atoms with E-state index in [1.54, 1.807) is 6.33 Å². The van der Waals surface area contributed by atoms with E-state index < -0.39 is 0 Å². The Morgan fingerprint density at radius 3 is 2.59 bits per heavy atom. The number of rotatable bonds is 4. The van der Waals surface area contributed by atoms with Crippen molar-refractivity contribution in [3.05, 3.63) is 41.7 Å². The first-order chi connectivity index (χ1) is 10.7. The van der Waals surface area contributed by atoms with E-state index in [0.29, 0.717) is 6.04 Å². The van der Waals surface area contributed by atoms with Gasteiger partial charge in [0.15, 0.2) is 0 Å². The second-order valence-corrected chi connectivity index (χ2v) is 6.14. The predicted octanol–water partition coefficient (Wildman–Crippen LogP) is 4.58. The summed E-state index contributed by atoms with van der Waals surface area (Å²) in [6.07, 6.45) is 8.10. The Kier molecular flexibility index (Phi) is 4.56. The van der Waals surface area contributed by atoms with Gasteiger partial charge >= 0.3 is 0 Å². The van der Waals surface area contributed by atoms with Gasteiger partial charge in [-0.1, -0.05) is 31.4 Å². The smallest absolute Gasteiger partial charge is 0.135 e. The molecule has 0 radical (unpaired) electrons. The summed E-state index contributed by atoms with van der Waals surface area (Å²) in [6, 6.07) is 8.82. The van der Waals surface area contributed by atoms with Crippen molar-refractivity contribution < 1.29 is 0 Å². The maximum absolute atomic E-state index is 4.35. The van der Waals surface area contributed by atoms with Gasteiger partial charge in [-0.15, -0.1) is 0 Å². The van der Waals surface area contributed by atoms with Crippen molar-refractivity contribution in [3.63, 3.8) is 0 Å². The van der Waals surface area contributed by atoms with Gasteiger partial charge in [-0.3, -0.25) is 0 Å². The van der Waals surface area contributed by atoms with Crippen molar-refractivity contribution in [1.29, 1.82) is 0 Å². The first kappa shape index (κ1) is 14.8. The highest BCUT2D eigenvalue weighted by Crippen LogP contribution is 2.24. The summed E-state index contributed by atoms with van der Waals surface area (Å²) in [4.78, 5) is 8.69. The monoisotopic (exact) mass is 296 g/mol. The van der Waals surface area contributed by atoms with Gasteiger partial charge in [-0.2, -0.15) is 0 Å². The van der Waals surface area contributed by atoms with Crippen molar-refractivity contribution >= 4 is 17.3 Å². The second-order valence-electron chi connectivity index (χ2n) is 6.14. The number of aryl methyl sites for hydroxylation is 1. The Hall–Kier alpha value is -2.10. The molecule has 1 fully saturated rings. The van der Waals surface area contributed by atoms with Crippen LogP contribution in [0.2, 0.25) is 0 Å². The number of nitrogens with zero attached hydrogens (tertiary/aromatic N) is 2. The van der Waals surface area contributed by atoms with Crippen molar-refractivity contribution in [3.8, 4) is 0 Å². The van der Waals surface area contributed by atoms with Crippen molar-refractivity contribution in [2.75, 3.05) is 10.6 Å². The Labute approximate surface area is 132 Å². The molecule has 0 atom stereocenters. The van der Waals surface area contributed by atoms with Crippen molar-refractivity contribution in [2.24, 2.45) is 0 Å². The molecule has 0 amide bonds. The lowest BCUT2D eigenvalue weighted by Gasteiger charge is -2.23. The fourth-order valence-electron chi connectivity index (χ4n) is 2.99. The molecule has 0 unspecified atom stereocenters. The minimum atomic E-state index is 0.553. The molecule has 116 valence electrons. The largest absolute Gasteiger partial charge is 0.367 e. The fourth-order valence-corrected chi connectivity index (χ4v) is 2.99. The predicted molar refractivity (Wildman–Crippen MR) is 91.7 cm³/mol. The molecule has 0 aliphatic heterocycles. The number of aromatic nitrogens is 2. The second kappa shape index (κ2) is 6.77. The number of nitrogens with one attached hydrogen (secondary N) is 2. The molecular weight excluding hydrogens is 272 g/mol. The van der Waals surface area contributed by atoms with Crippen LogP contribution in [0.25, 0.3) is 0 Å². The lowest BCUT2D eigenvalue weighted by molar-refractivity contribution is 0.462. The summed E-state index contributed by atoms with van der Waals surface area (Å²) in [5.41, 5.74) is 3.63. The molecule has 0 bridgehead atoms. The summed E-state index contributed by atoms with van der Waals surface area (Å²) in [7, 11) is 0. The van der Waals surface area contributed by atoms with Crippen LogP contribution < -0.4 is 10.6 Å². The fraction of sp³-hybridized carbons (Fsp3) is 0.444. The van der Waals surface area contributed by atoms with Crippen LogP contribution in [-0.2, 0) is 0 Å². The molecule has 1 saturated carbocycles. The molecule has 3 rings (SSSR count). The van der Waals surface area contributed by atoms with Gasteiger partial charge in [0.25, 0.3) is 0 Å². The van der Waals surface area contributed by atoms with Crippen LogP contribution in [-0.4, -0.2) is 16.0 Å². The minimum Gasteiger partial charge on any atom is -0.367 e. The SMILES string of the molecule is Cc1cccc(Nc2cc(NC3CCCCC3)ncn2)c1C. The average Bonchev–Trinajstić information content (AvgIpc) is 2.53. The van der Waals surface area contributed by atoms with Crippen LogP contribution in [0.1, 0.15) is 43.2 Å². The van der Waals surface area contributed by atoms with Crippen LogP contribution >= 0.6 is 0 Å². The lowest BCUT2D eigenvalue weighted by atomic mass is 9.95. The molecule has 1 aliphatic carbocycles. The van der Waals surface area contributed by atoms with Crippen LogP contribution in [0.15, 0.2) is 30.6 Å². The van der Waals surface area contributed by atoms with Crippen LogP contribution in [0, 0.1) is 13.8 Å². The quantitative estimate of drug-likeness (QED) is 0.867. The van der Waals surface area contributed by atoms with Crippen LogP contribution in [0.4, 0.5) is 17.3 Å². The number of benzene rings is 1. The Balaban J connectivity index is 1.72. The molecule has 1 heterocycles. The van der Waals surface area contributed by atoms with Gasteiger partial charge in [0, 0.05) is 17.8 Å². The molecular formula is C18H24N4. The van der Waals surface area contributed by atoms with E-state index in [-0.39, 0.29) is 0 Å². The normalized spacial score (nSPS) is 15.5. The molecule has 0 saturated heterocycles. The number of hydrogen-bond acceptors (Lipinski definition) is 4. The summed E-state index contributed by atoms with van der Waals surface area (Å²) < 4.78 is 0. The summed E-state index contributed by atoms with van der Waals surface area (Å²) in [6.45, 7) is 4.25. The highest BCUT2D eigenvalue weighted by Gasteiger charge is 2.13. The van der Waals surface area contributed by atoms with Crippen molar-refractivity contribution in [1.82, 2.24) is 9.97 Å². The van der Waals surface area contributed by atoms with Gasteiger partial charge in [-0.25, -0.2) is 9.97 Å². The number of anilines is 3. The topological polar surface area (TPSA) is 49.8 Å². The summed E-state index contributed by atoms with van der Waals surface area (Å²) >= 11 is 0. The molecule has 4 nitrogen and oxygen atoms in total. The van der Waals surface area contributed by atoms with E-state index in [2.05, 4.69) is 52.6 Å². The molecule has 2 N–H and O–H groups in total. The standard InChI is InChI=1S/C18H24N4/c1-13-7-6-10-16(14(13)2)22-18-11-17(19-12-20-18)21-15-8-4-3-5-9-15/h6-7,10-12,15H,3-5,8-9H2,1-2H3,(H2,19,20,21,22). The molecule has 22 heavy (non-hydrogen) atoms. The van der Waals surface area contributed by atoms with E-state index >= 15 is 0 Å². The molecule has 0 spiro atoms. The first-order valence-corrected chi connectivity index (χ1v) is 8.14. The van der Waals surface area contributed by atoms with Gasteiger partial charge in [0.1, 0.15) is 18.0 Å².